The van der Waals surface area contributed by atoms with Crippen LogP contribution in [0.2, 0.25) is 0 Å². The van der Waals surface area contributed by atoms with Crippen molar-refractivity contribution >= 4 is 23.1 Å². The molecule has 0 bridgehead atoms. The molecule has 1 amide bonds. The molecular weight excluding hydrogens is 268 g/mol. The predicted molar refractivity (Wildman–Crippen MR) is 86.3 cm³/mol. The van der Waals surface area contributed by atoms with Crippen LogP contribution in [0.3, 0.4) is 0 Å². The molecule has 0 aromatic heterocycles. The minimum absolute atomic E-state index is 0.0599. The first-order valence-electron chi connectivity index (χ1n) is 7.79. The second-order valence-corrected chi connectivity index (χ2v) is 8.13. The van der Waals surface area contributed by atoms with Crippen molar-refractivity contribution in [3.8, 4) is 0 Å². The summed E-state index contributed by atoms with van der Waals surface area (Å²) < 4.78 is 0. The molecule has 0 spiro atoms. The molecule has 0 aromatic rings. The number of carbonyl (C=O) groups is 1. The summed E-state index contributed by atoms with van der Waals surface area (Å²) in [6.45, 7) is 8.64. The number of nitrogens with two attached hydrogens (primary N) is 1. The Hall–Kier alpha value is -0.640. The fourth-order valence-corrected chi connectivity index (χ4v) is 4.23. The highest BCUT2D eigenvalue weighted by Gasteiger charge is 2.68. The van der Waals surface area contributed by atoms with E-state index in [1.54, 1.807) is 0 Å². The molecule has 0 heterocycles. The van der Waals surface area contributed by atoms with E-state index in [2.05, 4.69) is 33.0 Å². The number of nitrogens with one attached hydrogen (secondary N) is 1. The first kappa shape index (κ1) is 15.7. The molecule has 2 aliphatic carbocycles. The highest BCUT2D eigenvalue weighted by atomic mass is 32.1. The van der Waals surface area contributed by atoms with Crippen molar-refractivity contribution in [1.29, 1.82) is 0 Å². The molecule has 2 fully saturated rings. The van der Waals surface area contributed by atoms with E-state index >= 15 is 0 Å². The van der Waals surface area contributed by atoms with Gasteiger partial charge in [0.1, 0.15) is 0 Å². The summed E-state index contributed by atoms with van der Waals surface area (Å²) >= 11 is 5.20. The Kier molecular flexibility index (Phi) is 4.16. The molecular formula is C16H28N2OS. The molecule has 2 rings (SSSR count). The lowest BCUT2D eigenvalue weighted by Crippen LogP contribution is -2.49. The van der Waals surface area contributed by atoms with Crippen molar-refractivity contribution in [3.63, 3.8) is 0 Å². The average molecular weight is 296 g/mol. The third-order valence-corrected chi connectivity index (χ3v) is 6.26. The lowest BCUT2D eigenvalue weighted by molar-refractivity contribution is -0.124. The quantitative estimate of drug-likeness (QED) is 0.784. The molecule has 20 heavy (non-hydrogen) atoms. The van der Waals surface area contributed by atoms with Gasteiger partial charge in [-0.2, -0.15) is 0 Å². The first-order chi connectivity index (χ1) is 9.19. The number of thiocarbonyl (C=S) groups is 1. The van der Waals surface area contributed by atoms with E-state index in [0.29, 0.717) is 10.9 Å². The number of amides is 1. The zero-order chi connectivity index (χ0) is 15.1. The summed E-state index contributed by atoms with van der Waals surface area (Å²) in [4.78, 5) is 13.0. The van der Waals surface area contributed by atoms with Gasteiger partial charge in [0.2, 0.25) is 5.91 Å². The normalized spacial score (nSPS) is 26.8. The third kappa shape index (κ3) is 2.59. The van der Waals surface area contributed by atoms with Gasteiger partial charge in [-0.15, -0.1) is 0 Å². The summed E-state index contributed by atoms with van der Waals surface area (Å²) in [5.74, 6) is 0.619. The maximum Gasteiger partial charge on any atom is 0.224 e. The van der Waals surface area contributed by atoms with Crippen LogP contribution in [-0.2, 0) is 4.79 Å². The second kappa shape index (κ2) is 5.28. The topological polar surface area (TPSA) is 55.1 Å². The first-order valence-corrected chi connectivity index (χ1v) is 8.20. The molecule has 2 saturated carbocycles. The molecule has 2 aliphatic rings. The Balaban J connectivity index is 2.02. The minimum atomic E-state index is -0.120. The Morgan fingerprint density at radius 2 is 1.65 bits per heavy atom. The lowest BCUT2D eigenvalue weighted by Gasteiger charge is -2.30. The van der Waals surface area contributed by atoms with Crippen molar-refractivity contribution in [2.45, 2.75) is 65.8 Å². The zero-order valence-electron chi connectivity index (χ0n) is 13.2. The molecule has 4 heteroatoms. The van der Waals surface area contributed by atoms with Crippen molar-refractivity contribution in [1.82, 2.24) is 5.32 Å². The zero-order valence-corrected chi connectivity index (χ0v) is 14.0. The Labute approximate surface area is 128 Å². The summed E-state index contributed by atoms with van der Waals surface area (Å²) in [6, 6.07) is -0.120. The van der Waals surface area contributed by atoms with E-state index < -0.39 is 0 Å². The monoisotopic (exact) mass is 296 g/mol. The number of rotatable bonds is 4. The van der Waals surface area contributed by atoms with E-state index in [1.165, 1.54) is 19.3 Å². The van der Waals surface area contributed by atoms with E-state index in [0.717, 1.165) is 12.8 Å². The van der Waals surface area contributed by atoms with Crippen LogP contribution in [0.25, 0.3) is 0 Å². The summed E-state index contributed by atoms with van der Waals surface area (Å²) in [5, 5.41) is 3.15. The second-order valence-electron chi connectivity index (χ2n) is 7.66. The Morgan fingerprint density at radius 3 is 2.05 bits per heavy atom. The van der Waals surface area contributed by atoms with Gasteiger partial charge in [-0.1, -0.05) is 59.2 Å². The van der Waals surface area contributed by atoms with E-state index in [1.807, 2.05) is 0 Å². The molecule has 1 atom stereocenters. The van der Waals surface area contributed by atoms with Crippen molar-refractivity contribution in [2.75, 3.05) is 0 Å². The Morgan fingerprint density at radius 1 is 1.15 bits per heavy atom. The highest BCUT2D eigenvalue weighted by molar-refractivity contribution is 7.80. The fourth-order valence-electron chi connectivity index (χ4n) is 3.98. The van der Waals surface area contributed by atoms with Gasteiger partial charge in [-0.05, 0) is 29.6 Å². The van der Waals surface area contributed by atoms with Crippen molar-refractivity contribution in [3.05, 3.63) is 0 Å². The van der Waals surface area contributed by atoms with Crippen LogP contribution in [-0.4, -0.2) is 16.9 Å². The number of hydrogen-bond acceptors (Lipinski definition) is 2. The molecule has 3 N–H and O–H groups in total. The average Bonchev–Trinajstić information content (AvgIpc) is 2.77. The highest BCUT2D eigenvalue weighted by Crippen LogP contribution is 2.68. The van der Waals surface area contributed by atoms with Crippen LogP contribution in [0, 0.1) is 22.7 Å². The summed E-state index contributed by atoms with van der Waals surface area (Å²) in [6.07, 6.45) is 5.98. The van der Waals surface area contributed by atoms with Gasteiger partial charge in [0.05, 0.1) is 11.0 Å². The van der Waals surface area contributed by atoms with E-state index in [4.69, 9.17) is 18.0 Å². The minimum Gasteiger partial charge on any atom is -0.392 e. The molecule has 0 aromatic carbocycles. The lowest BCUT2D eigenvalue weighted by atomic mass is 9.83. The van der Waals surface area contributed by atoms with Crippen LogP contribution in [0.15, 0.2) is 0 Å². The van der Waals surface area contributed by atoms with Gasteiger partial charge >= 0.3 is 0 Å². The standard InChI is InChI=1S/C16H28N2OS/c1-15(2)12(16(15,3)4)14(19)18-11(13(17)20)10-8-6-5-7-9-10/h10-12H,5-9H2,1-4H3,(H2,17,20)(H,18,19). The molecule has 0 aliphatic heterocycles. The fraction of sp³-hybridized carbons (Fsp3) is 0.875. The predicted octanol–water partition coefficient (Wildman–Crippen LogP) is 3.02. The number of carbonyl (C=O) groups excluding carboxylic acids is 1. The van der Waals surface area contributed by atoms with Crippen LogP contribution in [0.1, 0.15) is 59.8 Å². The van der Waals surface area contributed by atoms with Gasteiger partial charge in [-0.25, -0.2) is 0 Å². The third-order valence-electron chi connectivity index (χ3n) is 6.01. The van der Waals surface area contributed by atoms with Crippen LogP contribution in [0.5, 0.6) is 0 Å². The molecule has 3 nitrogen and oxygen atoms in total. The van der Waals surface area contributed by atoms with Gasteiger partial charge in [0.15, 0.2) is 0 Å². The summed E-state index contributed by atoms with van der Waals surface area (Å²) in [5.41, 5.74) is 6.01. The number of hydrogen-bond donors (Lipinski definition) is 2. The van der Waals surface area contributed by atoms with Crippen LogP contribution in [0.4, 0.5) is 0 Å². The van der Waals surface area contributed by atoms with Gasteiger partial charge in [0, 0.05) is 5.92 Å². The molecule has 0 radical (unpaired) electrons. The van der Waals surface area contributed by atoms with Gasteiger partial charge in [-0.3, -0.25) is 4.79 Å². The van der Waals surface area contributed by atoms with Gasteiger partial charge < -0.3 is 11.1 Å². The van der Waals surface area contributed by atoms with Crippen molar-refractivity contribution in [2.24, 2.45) is 28.4 Å². The van der Waals surface area contributed by atoms with Crippen LogP contribution < -0.4 is 11.1 Å². The van der Waals surface area contributed by atoms with E-state index in [9.17, 15) is 4.79 Å². The Bertz CT molecular complexity index is 397. The SMILES string of the molecule is CC1(C)C(C(=O)NC(C(N)=S)C2CCCCC2)C1(C)C. The molecule has 114 valence electrons. The van der Waals surface area contributed by atoms with Gasteiger partial charge in [0.25, 0.3) is 0 Å². The smallest absolute Gasteiger partial charge is 0.224 e. The van der Waals surface area contributed by atoms with E-state index in [-0.39, 0.29) is 28.7 Å². The van der Waals surface area contributed by atoms with Crippen molar-refractivity contribution < 1.29 is 4.79 Å². The molecule has 0 saturated heterocycles. The maximum absolute atomic E-state index is 12.6. The summed E-state index contributed by atoms with van der Waals surface area (Å²) in [7, 11) is 0. The largest absolute Gasteiger partial charge is 0.392 e. The molecule has 1 unspecified atom stereocenters. The maximum atomic E-state index is 12.6. The van der Waals surface area contributed by atoms with Crippen LogP contribution >= 0.6 is 12.2 Å².